The highest BCUT2D eigenvalue weighted by molar-refractivity contribution is 5.27. The minimum absolute atomic E-state index is 0.0533. The summed E-state index contributed by atoms with van der Waals surface area (Å²) in [6, 6.07) is 13.9. The van der Waals surface area contributed by atoms with E-state index in [4.69, 9.17) is 0 Å². The van der Waals surface area contributed by atoms with Gasteiger partial charge in [-0.2, -0.15) is 10.2 Å². The SMILES string of the molecule is CC(C)(C)c1cc(CN2CCn3nc(C(O)c4ccccc4)cc3C2)[nH]n1. The highest BCUT2D eigenvalue weighted by Gasteiger charge is 2.23. The predicted molar refractivity (Wildman–Crippen MR) is 104 cm³/mol. The van der Waals surface area contributed by atoms with Crippen LogP contribution in [0.1, 0.15) is 55.2 Å². The van der Waals surface area contributed by atoms with Gasteiger partial charge in [0.25, 0.3) is 0 Å². The van der Waals surface area contributed by atoms with Crippen LogP contribution >= 0.6 is 0 Å². The lowest BCUT2D eigenvalue weighted by molar-refractivity contribution is 0.199. The van der Waals surface area contributed by atoms with Crippen LogP contribution in [0, 0.1) is 0 Å². The van der Waals surface area contributed by atoms with Gasteiger partial charge in [0.2, 0.25) is 0 Å². The van der Waals surface area contributed by atoms with E-state index in [0.717, 1.165) is 54.5 Å². The molecule has 1 aromatic carbocycles. The van der Waals surface area contributed by atoms with Gasteiger partial charge >= 0.3 is 0 Å². The van der Waals surface area contributed by atoms with Crippen LogP contribution in [0.5, 0.6) is 0 Å². The van der Waals surface area contributed by atoms with Crippen molar-refractivity contribution in [2.45, 2.75) is 51.9 Å². The largest absolute Gasteiger partial charge is 0.382 e. The predicted octanol–water partition coefficient (Wildman–Crippen LogP) is 3.00. The van der Waals surface area contributed by atoms with E-state index in [1.807, 2.05) is 41.1 Å². The first-order valence-corrected chi connectivity index (χ1v) is 9.47. The second kappa shape index (κ2) is 6.94. The number of aliphatic hydroxyl groups excluding tert-OH is 1. The third-order valence-electron chi connectivity index (χ3n) is 5.08. The number of rotatable bonds is 4. The molecule has 27 heavy (non-hydrogen) atoms. The third-order valence-corrected chi connectivity index (χ3v) is 5.08. The zero-order valence-electron chi connectivity index (χ0n) is 16.2. The Morgan fingerprint density at radius 2 is 1.93 bits per heavy atom. The highest BCUT2D eigenvalue weighted by atomic mass is 16.3. The molecule has 1 atom stereocenters. The Bertz CT molecular complexity index is 906. The summed E-state index contributed by atoms with van der Waals surface area (Å²) in [5.41, 5.74) is 5.01. The monoisotopic (exact) mass is 365 g/mol. The molecule has 0 bridgehead atoms. The summed E-state index contributed by atoms with van der Waals surface area (Å²) in [4.78, 5) is 2.38. The average Bonchev–Trinajstić information content (AvgIpc) is 3.28. The van der Waals surface area contributed by atoms with Crippen LogP contribution in [0.3, 0.4) is 0 Å². The Morgan fingerprint density at radius 1 is 1.15 bits per heavy atom. The number of aliphatic hydroxyl groups is 1. The first kappa shape index (κ1) is 17.9. The van der Waals surface area contributed by atoms with Gasteiger partial charge in [-0.1, -0.05) is 51.1 Å². The Morgan fingerprint density at radius 3 is 2.63 bits per heavy atom. The zero-order chi connectivity index (χ0) is 19.0. The normalized spacial score (nSPS) is 16.3. The van der Waals surface area contributed by atoms with E-state index >= 15 is 0 Å². The fourth-order valence-corrected chi connectivity index (χ4v) is 3.49. The molecule has 0 saturated heterocycles. The minimum Gasteiger partial charge on any atom is -0.382 e. The van der Waals surface area contributed by atoms with Crippen LogP contribution in [0.15, 0.2) is 42.5 Å². The van der Waals surface area contributed by atoms with Crippen LogP contribution in [0.4, 0.5) is 0 Å². The molecule has 0 aliphatic carbocycles. The van der Waals surface area contributed by atoms with Crippen LogP contribution in [0.2, 0.25) is 0 Å². The van der Waals surface area contributed by atoms with E-state index < -0.39 is 6.10 Å². The summed E-state index contributed by atoms with van der Waals surface area (Å²) < 4.78 is 2.02. The lowest BCUT2D eigenvalue weighted by atomic mass is 9.92. The molecular formula is C21H27N5O. The minimum atomic E-state index is -0.681. The molecule has 3 heterocycles. The number of hydrogen-bond acceptors (Lipinski definition) is 4. The first-order chi connectivity index (χ1) is 12.9. The number of nitrogens with one attached hydrogen (secondary N) is 1. The van der Waals surface area contributed by atoms with Gasteiger partial charge in [-0.05, 0) is 17.7 Å². The molecule has 2 aromatic heterocycles. The molecule has 1 unspecified atom stereocenters. The van der Waals surface area contributed by atoms with E-state index in [2.05, 4.69) is 47.0 Å². The van der Waals surface area contributed by atoms with Crippen molar-refractivity contribution < 1.29 is 5.11 Å². The van der Waals surface area contributed by atoms with E-state index in [1.54, 1.807) is 0 Å². The molecule has 1 aliphatic rings. The van der Waals surface area contributed by atoms with Gasteiger partial charge in [-0.3, -0.25) is 14.7 Å². The summed E-state index contributed by atoms with van der Waals surface area (Å²) >= 11 is 0. The highest BCUT2D eigenvalue weighted by Crippen LogP contribution is 2.25. The summed E-state index contributed by atoms with van der Waals surface area (Å²) in [5, 5.41) is 22.9. The van der Waals surface area contributed by atoms with Gasteiger partial charge in [-0.15, -0.1) is 0 Å². The molecule has 6 heteroatoms. The molecule has 0 saturated carbocycles. The smallest absolute Gasteiger partial charge is 0.123 e. The van der Waals surface area contributed by atoms with Crippen molar-refractivity contribution in [2.24, 2.45) is 0 Å². The molecule has 6 nitrogen and oxygen atoms in total. The van der Waals surface area contributed by atoms with Gasteiger partial charge in [0, 0.05) is 30.7 Å². The average molecular weight is 365 g/mol. The molecule has 0 radical (unpaired) electrons. The molecule has 0 spiro atoms. The first-order valence-electron chi connectivity index (χ1n) is 9.47. The number of H-pyrrole nitrogens is 1. The lowest BCUT2D eigenvalue weighted by Gasteiger charge is -2.26. The van der Waals surface area contributed by atoms with E-state index in [1.165, 1.54) is 0 Å². The topological polar surface area (TPSA) is 70.0 Å². The van der Waals surface area contributed by atoms with Crippen molar-refractivity contribution in [3.05, 3.63) is 70.8 Å². The van der Waals surface area contributed by atoms with Gasteiger partial charge in [0.05, 0.1) is 23.6 Å². The Hall–Kier alpha value is -2.44. The second-order valence-electron chi connectivity index (χ2n) is 8.34. The molecular weight excluding hydrogens is 338 g/mol. The molecule has 2 N–H and O–H groups in total. The number of benzene rings is 1. The van der Waals surface area contributed by atoms with Crippen molar-refractivity contribution in [2.75, 3.05) is 6.54 Å². The molecule has 4 rings (SSSR count). The van der Waals surface area contributed by atoms with Crippen molar-refractivity contribution in [3.8, 4) is 0 Å². The summed E-state index contributed by atoms with van der Waals surface area (Å²) in [7, 11) is 0. The standard InChI is InChI=1S/C21H27N5O/c1-21(2,3)19-11-16(22-23-19)13-25-9-10-26-17(14-25)12-18(24-26)20(27)15-7-5-4-6-8-15/h4-8,11-12,20,27H,9-10,13-14H2,1-3H3,(H,22,23). The third kappa shape index (κ3) is 3.82. The number of hydrogen-bond donors (Lipinski definition) is 2. The second-order valence-corrected chi connectivity index (χ2v) is 8.34. The van der Waals surface area contributed by atoms with Gasteiger partial charge < -0.3 is 5.11 Å². The Balaban J connectivity index is 1.46. The maximum atomic E-state index is 10.6. The number of aromatic nitrogens is 4. The van der Waals surface area contributed by atoms with Crippen LogP contribution in [-0.2, 0) is 25.0 Å². The maximum Gasteiger partial charge on any atom is 0.123 e. The van der Waals surface area contributed by atoms with Crippen molar-refractivity contribution >= 4 is 0 Å². The Labute approximate surface area is 159 Å². The summed E-state index contributed by atoms with van der Waals surface area (Å²) in [5.74, 6) is 0. The van der Waals surface area contributed by atoms with Crippen molar-refractivity contribution in [1.82, 2.24) is 24.9 Å². The van der Waals surface area contributed by atoms with Crippen LogP contribution < -0.4 is 0 Å². The van der Waals surface area contributed by atoms with Crippen molar-refractivity contribution in [3.63, 3.8) is 0 Å². The summed E-state index contributed by atoms with van der Waals surface area (Å²) in [6.45, 7) is 9.93. The van der Waals surface area contributed by atoms with Gasteiger partial charge in [-0.25, -0.2) is 0 Å². The fourth-order valence-electron chi connectivity index (χ4n) is 3.49. The number of aromatic amines is 1. The molecule has 0 amide bonds. The molecule has 3 aromatic rings. The lowest BCUT2D eigenvalue weighted by Crippen LogP contribution is -2.33. The van der Waals surface area contributed by atoms with Crippen LogP contribution in [0.25, 0.3) is 0 Å². The summed E-state index contributed by atoms with van der Waals surface area (Å²) in [6.07, 6.45) is -0.681. The quantitative estimate of drug-likeness (QED) is 0.746. The van der Waals surface area contributed by atoms with Crippen LogP contribution in [-0.4, -0.2) is 36.5 Å². The molecule has 142 valence electrons. The maximum absolute atomic E-state index is 10.6. The van der Waals surface area contributed by atoms with Crippen molar-refractivity contribution in [1.29, 1.82) is 0 Å². The number of nitrogens with zero attached hydrogens (tertiary/aromatic N) is 4. The number of fused-ring (bicyclic) bond motifs is 1. The van der Waals surface area contributed by atoms with E-state index in [-0.39, 0.29) is 5.41 Å². The molecule has 0 fully saturated rings. The van der Waals surface area contributed by atoms with Gasteiger partial charge in [0.15, 0.2) is 0 Å². The Kier molecular flexibility index (Phi) is 4.61. The zero-order valence-corrected chi connectivity index (χ0v) is 16.2. The fraction of sp³-hybridized carbons (Fsp3) is 0.429. The van der Waals surface area contributed by atoms with E-state index in [0.29, 0.717) is 0 Å². The van der Waals surface area contributed by atoms with Gasteiger partial charge in [0.1, 0.15) is 6.10 Å². The van der Waals surface area contributed by atoms with E-state index in [9.17, 15) is 5.11 Å². The molecule has 1 aliphatic heterocycles.